The van der Waals surface area contributed by atoms with Crippen LogP contribution in [0.2, 0.25) is 0 Å². The van der Waals surface area contributed by atoms with Gasteiger partial charge in [0.05, 0.1) is 0 Å². The fourth-order valence-corrected chi connectivity index (χ4v) is 0.624. The SMILES string of the molecule is C=C/C(=C\C=C/C)C(=O)N/N=C\C. The van der Waals surface area contributed by atoms with Gasteiger partial charge < -0.3 is 0 Å². The quantitative estimate of drug-likeness (QED) is 0.303. The Kier molecular flexibility index (Phi) is 6.15. The molecule has 0 spiro atoms. The minimum Gasteiger partial charge on any atom is -0.267 e. The molecular formula is C10H14N2O. The molecule has 0 saturated carbocycles. The van der Waals surface area contributed by atoms with E-state index in [0.717, 1.165) is 0 Å². The van der Waals surface area contributed by atoms with Crippen LogP contribution >= 0.6 is 0 Å². The van der Waals surface area contributed by atoms with Gasteiger partial charge in [0, 0.05) is 11.8 Å². The van der Waals surface area contributed by atoms with E-state index in [1.807, 2.05) is 13.0 Å². The van der Waals surface area contributed by atoms with Crippen LogP contribution in [0.3, 0.4) is 0 Å². The van der Waals surface area contributed by atoms with E-state index >= 15 is 0 Å². The summed E-state index contributed by atoms with van der Waals surface area (Å²) in [7, 11) is 0. The van der Waals surface area contributed by atoms with E-state index < -0.39 is 0 Å². The van der Waals surface area contributed by atoms with Gasteiger partial charge in [-0.25, -0.2) is 5.43 Å². The van der Waals surface area contributed by atoms with Crippen molar-refractivity contribution in [2.75, 3.05) is 0 Å². The molecular weight excluding hydrogens is 164 g/mol. The van der Waals surface area contributed by atoms with Crippen LogP contribution in [0.5, 0.6) is 0 Å². The Morgan fingerprint density at radius 2 is 2.15 bits per heavy atom. The van der Waals surface area contributed by atoms with E-state index in [1.165, 1.54) is 12.3 Å². The number of carbonyl (C=O) groups excluding carboxylic acids is 1. The molecule has 0 bridgehead atoms. The van der Waals surface area contributed by atoms with E-state index in [-0.39, 0.29) is 5.91 Å². The molecule has 70 valence electrons. The summed E-state index contributed by atoms with van der Waals surface area (Å²) >= 11 is 0. The first-order valence-corrected chi connectivity index (χ1v) is 3.99. The van der Waals surface area contributed by atoms with Crippen LogP contribution in [0.1, 0.15) is 13.8 Å². The highest BCUT2D eigenvalue weighted by atomic mass is 16.2. The molecule has 0 aromatic heterocycles. The monoisotopic (exact) mass is 178 g/mol. The van der Waals surface area contributed by atoms with Gasteiger partial charge in [-0.3, -0.25) is 4.79 Å². The zero-order chi connectivity index (χ0) is 10.1. The fourth-order valence-electron chi connectivity index (χ4n) is 0.624. The van der Waals surface area contributed by atoms with E-state index in [4.69, 9.17) is 0 Å². The van der Waals surface area contributed by atoms with Crippen molar-refractivity contribution >= 4 is 12.1 Å². The first-order chi connectivity index (χ1) is 6.26. The summed E-state index contributed by atoms with van der Waals surface area (Å²) < 4.78 is 0. The van der Waals surface area contributed by atoms with E-state index in [2.05, 4.69) is 17.1 Å². The van der Waals surface area contributed by atoms with Crippen LogP contribution in [-0.4, -0.2) is 12.1 Å². The molecule has 0 radical (unpaired) electrons. The van der Waals surface area contributed by atoms with Gasteiger partial charge in [-0.2, -0.15) is 5.10 Å². The lowest BCUT2D eigenvalue weighted by Gasteiger charge is -1.97. The van der Waals surface area contributed by atoms with Gasteiger partial charge in [0.2, 0.25) is 0 Å². The van der Waals surface area contributed by atoms with E-state index in [0.29, 0.717) is 5.57 Å². The first-order valence-electron chi connectivity index (χ1n) is 3.99. The van der Waals surface area contributed by atoms with E-state index in [9.17, 15) is 4.79 Å². The average Bonchev–Trinajstić information content (AvgIpc) is 2.16. The Balaban J connectivity index is 4.40. The Bertz CT molecular complexity index is 262. The van der Waals surface area contributed by atoms with Crippen molar-refractivity contribution in [3.8, 4) is 0 Å². The third kappa shape index (κ3) is 4.74. The lowest BCUT2D eigenvalue weighted by atomic mass is 10.2. The number of hydrogen-bond donors (Lipinski definition) is 1. The van der Waals surface area contributed by atoms with Crippen LogP contribution < -0.4 is 5.43 Å². The van der Waals surface area contributed by atoms with Crippen LogP contribution in [0.4, 0.5) is 0 Å². The van der Waals surface area contributed by atoms with Crippen molar-refractivity contribution in [2.24, 2.45) is 5.10 Å². The van der Waals surface area contributed by atoms with Crippen molar-refractivity contribution in [1.82, 2.24) is 5.43 Å². The Morgan fingerprint density at radius 1 is 1.46 bits per heavy atom. The third-order valence-corrected chi connectivity index (χ3v) is 1.25. The Morgan fingerprint density at radius 3 is 2.62 bits per heavy atom. The highest BCUT2D eigenvalue weighted by Gasteiger charge is 2.01. The lowest BCUT2D eigenvalue weighted by molar-refractivity contribution is -0.117. The van der Waals surface area contributed by atoms with Crippen molar-refractivity contribution in [1.29, 1.82) is 0 Å². The molecule has 0 fully saturated rings. The summed E-state index contributed by atoms with van der Waals surface area (Å²) in [5.74, 6) is -0.258. The maximum absolute atomic E-state index is 11.2. The molecule has 0 heterocycles. The van der Waals surface area contributed by atoms with Crippen LogP contribution in [0.15, 0.2) is 41.6 Å². The molecule has 0 aliphatic rings. The number of hydrazone groups is 1. The zero-order valence-electron chi connectivity index (χ0n) is 7.95. The van der Waals surface area contributed by atoms with Gasteiger partial charge in [0.25, 0.3) is 5.91 Å². The second-order valence-corrected chi connectivity index (χ2v) is 2.18. The predicted molar refractivity (Wildman–Crippen MR) is 55.4 cm³/mol. The van der Waals surface area contributed by atoms with Gasteiger partial charge in [-0.05, 0) is 19.9 Å². The molecule has 0 aromatic rings. The number of hydrogen-bond acceptors (Lipinski definition) is 2. The average molecular weight is 178 g/mol. The van der Waals surface area contributed by atoms with Gasteiger partial charge in [-0.1, -0.05) is 24.8 Å². The molecule has 0 atom stereocenters. The summed E-state index contributed by atoms with van der Waals surface area (Å²) in [4.78, 5) is 11.2. The molecule has 0 unspecified atom stereocenters. The molecule has 0 aromatic carbocycles. The summed E-state index contributed by atoms with van der Waals surface area (Å²) in [6.45, 7) is 7.13. The Labute approximate surface area is 78.5 Å². The first kappa shape index (κ1) is 11.4. The molecule has 1 N–H and O–H groups in total. The molecule has 0 saturated heterocycles. The second-order valence-electron chi connectivity index (χ2n) is 2.18. The highest BCUT2D eigenvalue weighted by molar-refractivity contribution is 5.96. The summed E-state index contributed by atoms with van der Waals surface area (Å²) in [5.41, 5.74) is 2.84. The van der Waals surface area contributed by atoms with Crippen molar-refractivity contribution < 1.29 is 4.79 Å². The number of rotatable bonds is 4. The molecule has 3 heteroatoms. The standard InChI is InChI=1S/C10H14N2O/c1-4-7-8-9(5-2)10(13)12-11-6-3/h4-8H,2H2,1,3H3,(H,12,13)/b7-4-,9-8+,11-6-. The minimum atomic E-state index is -0.258. The maximum atomic E-state index is 11.2. The molecule has 0 aliphatic carbocycles. The van der Waals surface area contributed by atoms with Crippen molar-refractivity contribution in [3.05, 3.63) is 36.5 Å². The molecule has 0 rings (SSSR count). The predicted octanol–water partition coefficient (Wildman–Crippen LogP) is 1.80. The maximum Gasteiger partial charge on any atom is 0.271 e. The van der Waals surface area contributed by atoms with Gasteiger partial charge in [-0.15, -0.1) is 0 Å². The molecule has 0 aliphatic heterocycles. The third-order valence-electron chi connectivity index (χ3n) is 1.25. The van der Waals surface area contributed by atoms with Crippen LogP contribution in [0, 0.1) is 0 Å². The normalized spacial score (nSPS) is 12.3. The second kappa shape index (κ2) is 7.03. The van der Waals surface area contributed by atoms with Gasteiger partial charge in [0.1, 0.15) is 0 Å². The van der Waals surface area contributed by atoms with Gasteiger partial charge in [0.15, 0.2) is 0 Å². The number of carbonyl (C=O) groups is 1. The van der Waals surface area contributed by atoms with Crippen molar-refractivity contribution in [3.63, 3.8) is 0 Å². The number of nitrogens with zero attached hydrogens (tertiary/aromatic N) is 1. The van der Waals surface area contributed by atoms with Crippen LogP contribution in [-0.2, 0) is 4.79 Å². The summed E-state index contributed by atoms with van der Waals surface area (Å²) in [6, 6.07) is 0. The Hall–Kier alpha value is -1.64. The molecule has 13 heavy (non-hydrogen) atoms. The molecule has 1 amide bonds. The summed E-state index contributed by atoms with van der Waals surface area (Å²) in [5, 5.41) is 3.61. The zero-order valence-corrected chi connectivity index (χ0v) is 7.95. The number of allylic oxidation sites excluding steroid dienone is 3. The molecule has 3 nitrogen and oxygen atoms in total. The van der Waals surface area contributed by atoms with Crippen molar-refractivity contribution in [2.45, 2.75) is 13.8 Å². The van der Waals surface area contributed by atoms with E-state index in [1.54, 1.807) is 19.1 Å². The van der Waals surface area contributed by atoms with Crippen LogP contribution in [0.25, 0.3) is 0 Å². The largest absolute Gasteiger partial charge is 0.271 e. The summed E-state index contributed by atoms with van der Waals surface area (Å²) in [6.07, 6.45) is 8.27. The van der Waals surface area contributed by atoms with Gasteiger partial charge >= 0.3 is 0 Å². The highest BCUT2D eigenvalue weighted by Crippen LogP contribution is 1.96. The fraction of sp³-hybridized carbons (Fsp3) is 0.200. The lowest BCUT2D eigenvalue weighted by Crippen LogP contribution is -2.18. The topological polar surface area (TPSA) is 41.5 Å². The smallest absolute Gasteiger partial charge is 0.267 e. The number of amides is 1. The number of nitrogens with one attached hydrogen (secondary N) is 1. The minimum absolute atomic E-state index is 0.258.